The number of nitrogens with two attached hydrogens (primary N) is 1. The van der Waals surface area contributed by atoms with Crippen LogP contribution in [-0.4, -0.2) is 55.6 Å². The molecule has 0 radical (unpaired) electrons. The maximum absolute atomic E-state index is 11.9. The lowest BCUT2D eigenvalue weighted by molar-refractivity contribution is -0.0179. The van der Waals surface area contributed by atoms with Crippen molar-refractivity contribution in [1.82, 2.24) is 20.3 Å². The molecule has 1 saturated carbocycles. The van der Waals surface area contributed by atoms with E-state index < -0.39 is 12.2 Å². The number of rotatable bonds is 3. The zero-order valence-corrected chi connectivity index (χ0v) is 10.9. The fourth-order valence-electron chi connectivity index (χ4n) is 3.03. The third-order valence-electron chi connectivity index (χ3n) is 4.14. The van der Waals surface area contributed by atoms with Crippen LogP contribution in [0.3, 0.4) is 0 Å². The Morgan fingerprint density at radius 1 is 1.38 bits per heavy atom. The number of nitrogens with zero attached hydrogens (tertiary/aromatic N) is 1. The van der Waals surface area contributed by atoms with E-state index in [1.54, 1.807) is 6.20 Å². The molecule has 1 aliphatic heterocycles. The number of aromatic amines is 2. The fourth-order valence-corrected chi connectivity index (χ4v) is 3.03. The second-order valence-electron chi connectivity index (χ2n) is 5.44. The lowest BCUT2D eigenvalue weighted by atomic mass is 10.1. The molecule has 1 saturated heterocycles. The molecule has 9 nitrogen and oxygen atoms in total. The van der Waals surface area contributed by atoms with Crippen molar-refractivity contribution in [3.63, 3.8) is 0 Å². The van der Waals surface area contributed by atoms with Gasteiger partial charge in [-0.1, -0.05) is 0 Å². The summed E-state index contributed by atoms with van der Waals surface area (Å²) in [5, 5.41) is 23.1. The minimum absolute atomic E-state index is 0.0532. The molecule has 4 rings (SSSR count). The van der Waals surface area contributed by atoms with E-state index in [9.17, 15) is 15.0 Å². The second kappa shape index (κ2) is 4.28. The summed E-state index contributed by atoms with van der Waals surface area (Å²) in [4.78, 5) is 21.3. The zero-order valence-electron chi connectivity index (χ0n) is 10.9. The number of hydrogen-bond donors (Lipinski definition) is 6. The standard InChI is InChI=1S/C12H15N5O4/c13-12-16-10-4(11(20)17-12)3(2-15-10)1-14-5-6(18)7(19)9-8(5)21-9/h2,5-9,14,18-19H,1H2,(H4,13,15,16,17,20). The molecule has 1 aliphatic carbocycles. The van der Waals surface area contributed by atoms with Gasteiger partial charge in [-0.15, -0.1) is 0 Å². The first-order valence-electron chi connectivity index (χ1n) is 6.67. The number of aromatic nitrogens is 3. The topological polar surface area (TPSA) is 153 Å². The van der Waals surface area contributed by atoms with Crippen LogP contribution in [0.25, 0.3) is 11.0 Å². The first-order valence-corrected chi connectivity index (χ1v) is 6.67. The predicted octanol–water partition coefficient (Wildman–Crippen LogP) is -2.21. The van der Waals surface area contributed by atoms with E-state index in [0.717, 1.165) is 0 Å². The van der Waals surface area contributed by atoms with E-state index in [1.807, 2.05) is 0 Å². The Hall–Kier alpha value is -1.94. The predicted molar refractivity (Wildman–Crippen MR) is 72.4 cm³/mol. The first-order chi connectivity index (χ1) is 10.1. The molecular weight excluding hydrogens is 278 g/mol. The van der Waals surface area contributed by atoms with Crippen molar-refractivity contribution in [3.8, 4) is 0 Å². The number of ether oxygens (including phenoxy) is 1. The van der Waals surface area contributed by atoms with E-state index >= 15 is 0 Å². The van der Waals surface area contributed by atoms with Crippen molar-refractivity contribution in [2.45, 2.75) is 37.0 Å². The molecule has 9 heteroatoms. The summed E-state index contributed by atoms with van der Waals surface area (Å²) < 4.78 is 5.27. The summed E-state index contributed by atoms with van der Waals surface area (Å²) in [7, 11) is 0. The molecule has 2 aromatic heterocycles. The Balaban J connectivity index is 1.57. The molecule has 0 amide bonds. The summed E-state index contributed by atoms with van der Waals surface area (Å²) >= 11 is 0. The van der Waals surface area contributed by atoms with E-state index in [4.69, 9.17) is 10.5 Å². The van der Waals surface area contributed by atoms with E-state index in [-0.39, 0.29) is 29.8 Å². The summed E-state index contributed by atoms with van der Waals surface area (Å²) in [5.74, 6) is 0.0532. The van der Waals surface area contributed by atoms with Crippen molar-refractivity contribution in [3.05, 3.63) is 22.1 Å². The minimum atomic E-state index is -0.869. The molecule has 2 fully saturated rings. The normalized spacial score (nSPS) is 34.3. The minimum Gasteiger partial charge on any atom is -0.389 e. The number of epoxide rings is 1. The molecular formula is C12H15N5O4. The molecule has 7 N–H and O–H groups in total. The zero-order chi connectivity index (χ0) is 14.7. The van der Waals surface area contributed by atoms with Crippen molar-refractivity contribution < 1.29 is 14.9 Å². The average Bonchev–Trinajstić information content (AvgIpc) is 3.05. The number of aliphatic hydroxyl groups is 2. The summed E-state index contributed by atoms with van der Waals surface area (Å²) in [6, 6.07) is -0.351. The summed E-state index contributed by atoms with van der Waals surface area (Å²) in [5.41, 5.74) is 6.30. The van der Waals surface area contributed by atoms with Gasteiger partial charge in [-0.2, -0.15) is 4.98 Å². The Morgan fingerprint density at radius 2 is 2.19 bits per heavy atom. The van der Waals surface area contributed by atoms with Crippen LogP contribution >= 0.6 is 0 Å². The molecule has 3 heterocycles. The Labute approximate surface area is 118 Å². The van der Waals surface area contributed by atoms with Crippen molar-refractivity contribution in [2.75, 3.05) is 5.73 Å². The number of nitrogens with one attached hydrogen (secondary N) is 3. The van der Waals surface area contributed by atoms with Crippen LogP contribution in [0, 0.1) is 0 Å². The molecule has 0 aromatic carbocycles. The lowest BCUT2D eigenvalue weighted by Crippen LogP contribution is -2.44. The highest BCUT2D eigenvalue weighted by molar-refractivity contribution is 5.79. The second-order valence-corrected chi connectivity index (χ2v) is 5.44. The largest absolute Gasteiger partial charge is 0.389 e. The van der Waals surface area contributed by atoms with Gasteiger partial charge in [0, 0.05) is 12.7 Å². The van der Waals surface area contributed by atoms with Crippen molar-refractivity contribution in [1.29, 1.82) is 0 Å². The van der Waals surface area contributed by atoms with Gasteiger partial charge in [0.2, 0.25) is 5.95 Å². The Bertz CT molecular complexity index is 756. The average molecular weight is 293 g/mol. The molecule has 0 spiro atoms. The lowest BCUT2D eigenvalue weighted by Gasteiger charge is -2.20. The van der Waals surface area contributed by atoms with Gasteiger partial charge in [0.1, 0.15) is 30.1 Å². The van der Waals surface area contributed by atoms with E-state index in [0.29, 0.717) is 23.1 Å². The molecule has 2 aliphatic rings. The third kappa shape index (κ3) is 1.86. The van der Waals surface area contributed by atoms with Gasteiger partial charge in [0.15, 0.2) is 0 Å². The van der Waals surface area contributed by atoms with Gasteiger partial charge in [-0.05, 0) is 5.56 Å². The maximum Gasteiger partial charge on any atom is 0.262 e. The third-order valence-corrected chi connectivity index (χ3v) is 4.14. The van der Waals surface area contributed by atoms with Gasteiger partial charge < -0.3 is 31.0 Å². The molecule has 5 atom stereocenters. The van der Waals surface area contributed by atoms with Crippen LogP contribution in [0.5, 0.6) is 0 Å². The number of hydrogen-bond acceptors (Lipinski definition) is 7. The monoisotopic (exact) mass is 293 g/mol. The van der Waals surface area contributed by atoms with Crippen molar-refractivity contribution in [2.24, 2.45) is 0 Å². The van der Waals surface area contributed by atoms with Crippen LogP contribution in [-0.2, 0) is 11.3 Å². The molecule has 2 aromatic rings. The van der Waals surface area contributed by atoms with Crippen LogP contribution in [0.2, 0.25) is 0 Å². The maximum atomic E-state index is 11.9. The highest BCUT2D eigenvalue weighted by Crippen LogP contribution is 2.39. The van der Waals surface area contributed by atoms with E-state index in [2.05, 4.69) is 20.3 Å². The number of aliphatic hydroxyl groups excluding tert-OH is 2. The Morgan fingerprint density at radius 3 is 2.90 bits per heavy atom. The summed E-state index contributed by atoms with van der Waals surface area (Å²) in [6.45, 7) is 0.343. The molecule has 21 heavy (non-hydrogen) atoms. The highest BCUT2D eigenvalue weighted by atomic mass is 16.6. The van der Waals surface area contributed by atoms with Crippen LogP contribution in [0.4, 0.5) is 5.95 Å². The number of fused-ring (bicyclic) bond motifs is 2. The summed E-state index contributed by atoms with van der Waals surface area (Å²) in [6.07, 6.45) is -0.522. The van der Waals surface area contributed by atoms with Gasteiger partial charge in [0.05, 0.1) is 11.4 Å². The van der Waals surface area contributed by atoms with Crippen molar-refractivity contribution >= 4 is 17.0 Å². The Kier molecular flexibility index (Phi) is 2.60. The first kappa shape index (κ1) is 12.8. The quantitative estimate of drug-likeness (QED) is 0.351. The van der Waals surface area contributed by atoms with Gasteiger partial charge >= 0.3 is 0 Å². The number of nitrogen functional groups attached to an aromatic ring is 1. The SMILES string of the molecule is Nc1nc2[nH]cc(CNC3C(O)C(O)C4OC34)c2c(=O)[nH]1. The fraction of sp³-hybridized carbons (Fsp3) is 0.500. The number of anilines is 1. The molecule has 0 bridgehead atoms. The van der Waals surface area contributed by atoms with E-state index in [1.165, 1.54) is 0 Å². The molecule has 112 valence electrons. The molecule has 5 unspecified atom stereocenters. The smallest absolute Gasteiger partial charge is 0.262 e. The van der Waals surface area contributed by atoms with Crippen LogP contribution in [0.1, 0.15) is 5.56 Å². The van der Waals surface area contributed by atoms with Gasteiger partial charge in [-0.3, -0.25) is 9.78 Å². The van der Waals surface area contributed by atoms with Crippen LogP contribution < -0.4 is 16.6 Å². The van der Waals surface area contributed by atoms with Crippen LogP contribution in [0.15, 0.2) is 11.0 Å². The van der Waals surface area contributed by atoms with Gasteiger partial charge in [0.25, 0.3) is 5.56 Å². The van der Waals surface area contributed by atoms with Gasteiger partial charge in [-0.25, -0.2) is 0 Å². The highest BCUT2D eigenvalue weighted by Gasteiger charge is 2.61. The number of H-pyrrole nitrogens is 2.